The number of sulfonamides is 2. The summed E-state index contributed by atoms with van der Waals surface area (Å²) in [6.07, 6.45) is 0. The molecule has 48 heavy (non-hydrogen) atoms. The van der Waals surface area contributed by atoms with Crippen molar-refractivity contribution in [3.63, 3.8) is 0 Å². The van der Waals surface area contributed by atoms with E-state index >= 15 is 0 Å². The fourth-order valence-corrected chi connectivity index (χ4v) is 7.35. The van der Waals surface area contributed by atoms with Crippen molar-refractivity contribution < 1.29 is 35.8 Å². The molecule has 248 valence electrons. The molecule has 0 aliphatic carbocycles. The Morgan fingerprint density at radius 2 is 1.27 bits per heavy atom. The first-order valence-electron chi connectivity index (χ1n) is 14.5. The number of anilines is 3. The molecule has 0 aliphatic rings. The molecular formula is C35H33N3O8S2. The fourth-order valence-electron chi connectivity index (χ4n) is 4.82. The Morgan fingerprint density at radius 1 is 0.667 bits per heavy atom. The Labute approximate surface area is 279 Å². The normalized spacial score (nSPS) is 11.3. The number of para-hydroxylation sites is 1. The molecular weight excluding hydrogens is 655 g/mol. The van der Waals surface area contributed by atoms with Gasteiger partial charge in [-0.2, -0.15) is 0 Å². The van der Waals surface area contributed by atoms with Crippen molar-refractivity contribution in [2.24, 2.45) is 0 Å². The largest absolute Gasteiger partial charge is 0.497 e. The fraction of sp³-hybridized carbons (Fsp3) is 0.114. The smallest absolute Gasteiger partial charge is 0.264 e. The number of methoxy groups -OCH3 is 3. The van der Waals surface area contributed by atoms with Crippen LogP contribution in [0.3, 0.4) is 0 Å². The molecule has 1 amide bonds. The average Bonchev–Trinajstić information content (AvgIpc) is 3.11. The lowest BCUT2D eigenvalue weighted by atomic mass is 10.1. The van der Waals surface area contributed by atoms with E-state index in [-0.39, 0.29) is 33.3 Å². The highest BCUT2D eigenvalue weighted by Crippen LogP contribution is 2.32. The molecule has 0 fully saturated rings. The van der Waals surface area contributed by atoms with Crippen LogP contribution in [0.4, 0.5) is 17.1 Å². The van der Waals surface area contributed by atoms with E-state index in [0.29, 0.717) is 28.5 Å². The molecule has 5 aromatic carbocycles. The Hall–Kier alpha value is -5.53. The molecule has 0 bridgehead atoms. The zero-order valence-electron chi connectivity index (χ0n) is 26.3. The second-order valence-electron chi connectivity index (χ2n) is 10.3. The average molecular weight is 688 g/mol. The minimum absolute atomic E-state index is 0.0198. The van der Waals surface area contributed by atoms with E-state index in [0.717, 1.165) is 0 Å². The first-order chi connectivity index (χ1) is 23.0. The van der Waals surface area contributed by atoms with Crippen LogP contribution in [-0.4, -0.2) is 44.1 Å². The summed E-state index contributed by atoms with van der Waals surface area (Å²) >= 11 is 0. The first kappa shape index (κ1) is 33.8. The third-order valence-electron chi connectivity index (χ3n) is 7.31. The monoisotopic (exact) mass is 687 g/mol. The summed E-state index contributed by atoms with van der Waals surface area (Å²) in [4.78, 5) is 13.6. The van der Waals surface area contributed by atoms with Crippen LogP contribution < -0.4 is 28.6 Å². The second kappa shape index (κ2) is 14.5. The number of carbonyl (C=O) groups excluding carboxylic acids is 1. The van der Waals surface area contributed by atoms with E-state index in [9.17, 15) is 21.6 Å². The molecule has 5 rings (SSSR count). The Bertz CT molecular complexity index is 2110. The van der Waals surface area contributed by atoms with Gasteiger partial charge in [0, 0.05) is 11.8 Å². The molecule has 0 unspecified atom stereocenters. The van der Waals surface area contributed by atoms with Crippen molar-refractivity contribution in [3.05, 3.63) is 132 Å². The number of benzene rings is 5. The van der Waals surface area contributed by atoms with Gasteiger partial charge in [-0.3, -0.25) is 13.8 Å². The number of rotatable bonds is 13. The molecule has 0 aromatic heterocycles. The van der Waals surface area contributed by atoms with Crippen molar-refractivity contribution >= 4 is 43.0 Å². The van der Waals surface area contributed by atoms with Crippen LogP contribution in [0.1, 0.15) is 15.9 Å². The molecule has 0 atom stereocenters. The molecule has 11 nitrogen and oxygen atoms in total. The maximum Gasteiger partial charge on any atom is 0.264 e. The lowest BCUT2D eigenvalue weighted by Gasteiger charge is -2.26. The highest BCUT2D eigenvalue weighted by Gasteiger charge is 2.29. The van der Waals surface area contributed by atoms with Crippen LogP contribution in [0.5, 0.6) is 17.2 Å². The first-order valence-corrected chi connectivity index (χ1v) is 17.4. The van der Waals surface area contributed by atoms with Crippen molar-refractivity contribution in [3.8, 4) is 17.2 Å². The second-order valence-corrected chi connectivity index (χ2v) is 13.9. The van der Waals surface area contributed by atoms with Crippen LogP contribution in [0, 0.1) is 0 Å². The topological polar surface area (TPSA) is 140 Å². The van der Waals surface area contributed by atoms with Crippen LogP contribution in [0.15, 0.2) is 131 Å². The van der Waals surface area contributed by atoms with Gasteiger partial charge >= 0.3 is 0 Å². The predicted molar refractivity (Wildman–Crippen MR) is 184 cm³/mol. The standard InChI is InChI=1S/C35H33N3O8S2/c1-44-27-15-20-30(21-16-27)48(42,43)38(24-25-9-5-4-6-10-25)33-12-8-7-11-31(33)35(39)36-26-13-18-29(19-14-26)47(40,41)37-32-23-28(45-2)17-22-34(32)46-3/h4-23,37H,24H2,1-3H3,(H,36,39). The summed E-state index contributed by atoms with van der Waals surface area (Å²) < 4.78 is 73.9. The van der Waals surface area contributed by atoms with E-state index in [1.165, 1.54) is 74.2 Å². The SMILES string of the molecule is COc1ccc(S(=O)(=O)N(Cc2ccccc2)c2ccccc2C(=O)Nc2ccc(S(=O)(=O)Nc3cc(OC)ccc3OC)cc2)cc1. The quantitative estimate of drug-likeness (QED) is 0.150. The third kappa shape index (κ3) is 7.54. The number of carbonyl (C=O) groups is 1. The van der Waals surface area contributed by atoms with Crippen LogP contribution in [-0.2, 0) is 26.6 Å². The van der Waals surface area contributed by atoms with Gasteiger partial charge in [0.2, 0.25) is 0 Å². The van der Waals surface area contributed by atoms with Crippen LogP contribution >= 0.6 is 0 Å². The molecule has 0 radical (unpaired) electrons. The van der Waals surface area contributed by atoms with Crippen molar-refractivity contribution in [2.45, 2.75) is 16.3 Å². The van der Waals surface area contributed by atoms with Crippen molar-refractivity contribution in [1.82, 2.24) is 0 Å². The maximum absolute atomic E-state index is 14.1. The minimum Gasteiger partial charge on any atom is -0.497 e. The highest BCUT2D eigenvalue weighted by atomic mass is 32.2. The van der Waals surface area contributed by atoms with Crippen molar-refractivity contribution in [1.29, 1.82) is 0 Å². The van der Waals surface area contributed by atoms with Gasteiger partial charge in [-0.1, -0.05) is 42.5 Å². The van der Waals surface area contributed by atoms with Gasteiger partial charge in [0.1, 0.15) is 17.2 Å². The molecule has 2 N–H and O–H groups in total. The predicted octanol–water partition coefficient (Wildman–Crippen LogP) is 6.16. The summed E-state index contributed by atoms with van der Waals surface area (Å²) in [6, 6.07) is 31.7. The Morgan fingerprint density at radius 3 is 1.92 bits per heavy atom. The lowest BCUT2D eigenvalue weighted by Crippen LogP contribution is -2.32. The molecule has 13 heteroatoms. The summed E-state index contributed by atoms with van der Waals surface area (Å²) in [5.41, 5.74) is 1.44. The Balaban J connectivity index is 1.43. The molecule has 5 aromatic rings. The number of nitrogens with one attached hydrogen (secondary N) is 2. The number of ether oxygens (including phenoxy) is 3. The van der Waals surface area contributed by atoms with E-state index in [1.54, 1.807) is 66.7 Å². The van der Waals surface area contributed by atoms with Gasteiger partial charge in [-0.15, -0.1) is 0 Å². The minimum atomic E-state index is -4.16. The summed E-state index contributed by atoms with van der Waals surface area (Å²) in [5, 5.41) is 2.76. The number of hydrogen-bond donors (Lipinski definition) is 2. The van der Waals surface area contributed by atoms with Gasteiger partial charge in [0.05, 0.1) is 54.6 Å². The number of nitrogens with zero attached hydrogens (tertiary/aromatic N) is 1. The van der Waals surface area contributed by atoms with E-state index in [4.69, 9.17) is 14.2 Å². The Kier molecular flexibility index (Phi) is 10.2. The number of amides is 1. The zero-order chi connectivity index (χ0) is 34.3. The number of hydrogen-bond acceptors (Lipinski definition) is 8. The van der Waals surface area contributed by atoms with Gasteiger partial charge in [0.25, 0.3) is 26.0 Å². The van der Waals surface area contributed by atoms with E-state index in [1.807, 2.05) is 6.07 Å². The molecule has 0 saturated heterocycles. The van der Waals surface area contributed by atoms with Gasteiger partial charge in [0.15, 0.2) is 0 Å². The molecule has 0 aliphatic heterocycles. The van der Waals surface area contributed by atoms with Gasteiger partial charge in [-0.25, -0.2) is 16.8 Å². The highest BCUT2D eigenvalue weighted by molar-refractivity contribution is 7.93. The third-order valence-corrected chi connectivity index (χ3v) is 10.5. The van der Waals surface area contributed by atoms with E-state index < -0.39 is 26.0 Å². The summed E-state index contributed by atoms with van der Waals surface area (Å²) in [6.45, 7) is -0.0445. The summed E-state index contributed by atoms with van der Waals surface area (Å²) in [7, 11) is -3.82. The molecule has 0 saturated carbocycles. The van der Waals surface area contributed by atoms with Crippen LogP contribution in [0.2, 0.25) is 0 Å². The molecule has 0 spiro atoms. The lowest BCUT2D eigenvalue weighted by molar-refractivity contribution is 0.102. The van der Waals surface area contributed by atoms with E-state index in [2.05, 4.69) is 10.0 Å². The summed E-state index contributed by atoms with van der Waals surface area (Å²) in [5.74, 6) is 0.643. The zero-order valence-corrected chi connectivity index (χ0v) is 27.9. The van der Waals surface area contributed by atoms with Crippen LogP contribution in [0.25, 0.3) is 0 Å². The molecule has 0 heterocycles. The van der Waals surface area contributed by atoms with Gasteiger partial charge < -0.3 is 19.5 Å². The van der Waals surface area contributed by atoms with Gasteiger partial charge in [-0.05, 0) is 78.4 Å². The van der Waals surface area contributed by atoms with Crippen molar-refractivity contribution in [2.75, 3.05) is 35.7 Å². The maximum atomic E-state index is 14.1.